The highest BCUT2D eigenvalue weighted by Gasteiger charge is 2.43. The van der Waals surface area contributed by atoms with Crippen molar-refractivity contribution in [3.05, 3.63) is 30.2 Å². The van der Waals surface area contributed by atoms with E-state index in [-0.39, 0.29) is 24.7 Å². The molecule has 1 aromatic heterocycles. The summed E-state index contributed by atoms with van der Waals surface area (Å²) in [6, 6.07) is 4.82. The number of hydrogen-bond donors (Lipinski definition) is 3. The molecule has 166 valence electrons. The summed E-state index contributed by atoms with van der Waals surface area (Å²) < 4.78 is 75.5. The van der Waals surface area contributed by atoms with Crippen molar-refractivity contribution in [2.24, 2.45) is 0 Å². The molecule has 0 spiro atoms. The Hall–Kier alpha value is -2.26. The van der Waals surface area contributed by atoms with Crippen molar-refractivity contribution in [1.29, 1.82) is 0 Å². The van der Waals surface area contributed by atoms with Gasteiger partial charge in [-0.25, -0.2) is 13.1 Å². The molecule has 3 rings (SSSR count). The minimum Gasteiger partial charge on any atom is -0.406 e. The normalized spacial score (nSPS) is 24.9. The summed E-state index contributed by atoms with van der Waals surface area (Å²) in [5.41, 5.74) is 0.364. The van der Waals surface area contributed by atoms with Gasteiger partial charge in [-0.1, -0.05) is 5.16 Å². The van der Waals surface area contributed by atoms with Gasteiger partial charge >= 0.3 is 6.36 Å². The highest BCUT2D eigenvalue weighted by molar-refractivity contribution is 7.88. The van der Waals surface area contributed by atoms with E-state index >= 15 is 0 Å². The first-order valence-electron chi connectivity index (χ1n) is 8.56. The van der Waals surface area contributed by atoms with Gasteiger partial charge in [0.05, 0.1) is 18.8 Å². The number of rotatable bonds is 7. The van der Waals surface area contributed by atoms with Crippen molar-refractivity contribution < 1.29 is 45.8 Å². The second-order valence-electron chi connectivity index (χ2n) is 6.60. The molecule has 2 heterocycles. The molecular formula is C16H18F3N3O7S. The van der Waals surface area contributed by atoms with Crippen LogP contribution in [0.2, 0.25) is 0 Å². The fourth-order valence-corrected chi connectivity index (χ4v) is 3.30. The fourth-order valence-electron chi connectivity index (χ4n) is 2.83. The summed E-state index contributed by atoms with van der Waals surface area (Å²) >= 11 is 0. The standard InChI is InChI=1S/C16H18F3N3O7S/c1-30(25,26)20-7-11-14(24)13(23)10(27-11)6-12-21-15(22-29-12)8-2-4-9(5-3-8)28-16(17,18)19/h2-5,10-11,13-14,20,23-24H,6-7H2,1H3/t10-,11-,13-,14+/m0/s1. The van der Waals surface area contributed by atoms with Crippen LogP contribution in [-0.4, -0.2) is 72.4 Å². The summed E-state index contributed by atoms with van der Waals surface area (Å²) in [7, 11) is -3.50. The first kappa shape index (κ1) is 22.4. The predicted molar refractivity (Wildman–Crippen MR) is 93.6 cm³/mol. The maximum atomic E-state index is 12.2. The first-order chi connectivity index (χ1) is 13.9. The monoisotopic (exact) mass is 453 g/mol. The maximum absolute atomic E-state index is 12.2. The second kappa shape index (κ2) is 8.47. The molecule has 4 atom stereocenters. The number of halogens is 3. The summed E-state index contributed by atoms with van der Waals surface area (Å²) in [4.78, 5) is 4.09. The molecule has 3 N–H and O–H groups in total. The van der Waals surface area contributed by atoms with Crippen LogP contribution in [0.1, 0.15) is 5.89 Å². The molecule has 1 aliphatic rings. The van der Waals surface area contributed by atoms with Crippen LogP contribution in [0.5, 0.6) is 5.75 Å². The van der Waals surface area contributed by atoms with Crippen LogP contribution >= 0.6 is 0 Å². The molecule has 0 saturated carbocycles. The number of ether oxygens (including phenoxy) is 2. The van der Waals surface area contributed by atoms with E-state index in [1.165, 1.54) is 12.1 Å². The van der Waals surface area contributed by atoms with Gasteiger partial charge in [0.2, 0.25) is 21.7 Å². The van der Waals surface area contributed by atoms with Gasteiger partial charge in [0, 0.05) is 12.1 Å². The average molecular weight is 453 g/mol. The van der Waals surface area contributed by atoms with Gasteiger partial charge in [0.15, 0.2) is 0 Å². The number of nitrogens with one attached hydrogen (secondary N) is 1. The largest absolute Gasteiger partial charge is 0.573 e. The van der Waals surface area contributed by atoms with Gasteiger partial charge < -0.3 is 24.2 Å². The van der Waals surface area contributed by atoms with E-state index in [1.807, 2.05) is 0 Å². The molecule has 2 aromatic rings. The van der Waals surface area contributed by atoms with Crippen molar-refractivity contribution in [2.45, 2.75) is 37.2 Å². The van der Waals surface area contributed by atoms with Crippen molar-refractivity contribution in [1.82, 2.24) is 14.9 Å². The molecular weight excluding hydrogens is 435 g/mol. The van der Waals surface area contributed by atoms with Gasteiger partial charge in [0.1, 0.15) is 24.1 Å². The van der Waals surface area contributed by atoms with E-state index < -0.39 is 46.6 Å². The van der Waals surface area contributed by atoms with Crippen LogP contribution in [0, 0.1) is 0 Å². The minimum atomic E-state index is -4.80. The van der Waals surface area contributed by atoms with Crippen LogP contribution in [0.3, 0.4) is 0 Å². The van der Waals surface area contributed by atoms with E-state index in [9.17, 15) is 31.8 Å². The van der Waals surface area contributed by atoms with Gasteiger partial charge in [-0.3, -0.25) is 0 Å². The SMILES string of the molecule is CS(=O)(=O)NC[C@@H]1O[C@@H](Cc2nc(-c3ccc(OC(F)(F)F)cc3)no2)[C@H](O)[C@@H]1O. The maximum Gasteiger partial charge on any atom is 0.573 e. The van der Waals surface area contributed by atoms with Gasteiger partial charge in [0.25, 0.3) is 0 Å². The van der Waals surface area contributed by atoms with Crippen LogP contribution in [-0.2, 0) is 21.2 Å². The topological polar surface area (TPSA) is 144 Å². The van der Waals surface area contributed by atoms with Gasteiger partial charge in [-0.15, -0.1) is 13.2 Å². The van der Waals surface area contributed by atoms with Crippen molar-refractivity contribution in [3.8, 4) is 17.1 Å². The zero-order chi connectivity index (χ0) is 22.1. The molecule has 1 aliphatic heterocycles. The van der Waals surface area contributed by atoms with Crippen molar-refractivity contribution >= 4 is 10.0 Å². The molecule has 14 heteroatoms. The zero-order valence-corrected chi connectivity index (χ0v) is 16.2. The summed E-state index contributed by atoms with van der Waals surface area (Å²) in [6.07, 6.45) is -8.47. The lowest BCUT2D eigenvalue weighted by molar-refractivity contribution is -0.274. The Balaban J connectivity index is 1.62. The van der Waals surface area contributed by atoms with Crippen molar-refractivity contribution in [2.75, 3.05) is 12.8 Å². The van der Waals surface area contributed by atoms with E-state index in [0.717, 1.165) is 18.4 Å². The lowest BCUT2D eigenvalue weighted by Gasteiger charge is -2.14. The minimum absolute atomic E-state index is 0.0496. The lowest BCUT2D eigenvalue weighted by Crippen LogP contribution is -2.39. The highest BCUT2D eigenvalue weighted by atomic mass is 32.2. The number of hydrogen-bond acceptors (Lipinski definition) is 9. The lowest BCUT2D eigenvalue weighted by atomic mass is 10.1. The third-order valence-corrected chi connectivity index (χ3v) is 4.89. The molecule has 30 heavy (non-hydrogen) atoms. The van der Waals surface area contributed by atoms with Crippen LogP contribution in [0.4, 0.5) is 13.2 Å². The Labute approximate surface area is 168 Å². The Kier molecular flexibility index (Phi) is 6.33. The smallest absolute Gasteiger partial charge is 0.406 e. The Morgan fingerprint density at radius 2 is 1.80 bits per heavy atom. The number of alkyl halides is 3. The third kappa shape index (κ3) is 5.89. The quantitative estimate of drug-likeness (QED) is 0.536. The average Bonchev–Trinajstić information content (AvgIpc) is 3.19. The highest BCUT2D eigenvalue weighted by Crippen LogP contribution is 2.27. The predicted octanol–water partition coefficient (Wildman–Crippen LogP) is 0.216. The van der Waals surface area contributed by atoms with E-state index in [2.05, 4.69) is 19.6 Å². The Morgan fingerprint density at radius 3 is 2.40 bits per heavy atom. The fraction of sp³-hybridized carbons (Fsp3) is 0.500. The third-order valence-electron chi connectivity index (χ3n) is 4.20. The number of aliphatic hydroxyl groups excluding tert-OH is 2. The van der Waals surface area contributed by atoms with Gasteiger partial charge in [-0.05, 0) is 24.3 Å². The van der Waals surface area contributed by atoms with Crippen LogP contribution in [0.15, 0.2) is 28.8 Å². The Morgan fingerprint density at radius 1 is 1.17 bits per heavy atom. The van der Waals surface area contributed by atoms with Crippen LogP contribution < -0.4 is 9.46 Å². The van der Waals surface area contributed by atoms with Crippen LogP contribution in [0.25, 0.3) is 11.4 Å². The summed E-state index contributed by atoms with van der Waals surface area (Å²) in [5, 5.41) is 23.9. The van der Waals surface area contributed by atoms with E-state index in [0.29, 0.717) is 5.56 Å². The molecule has 1 fully saturated rings. The molecule has 1 aromatic carbocycles. The summed E-state index contributed by atoms with van der Waals surface area (Å²) in [6.45, 7) is -0.227. The van der Waals surface area contributed by atoms with E-state index in [1.54, 1.807) is 0 Å². The molecule has 0 bridgehead atoms. The number of aliphatic hydroxyl groups is 2. The second-order valence-corrected chi connectivity index (χ2v) is 8.44. The summed E-state index contributed by atoms with van der Waals surface area (Å²) in [5.74, 6) is -0.263. The number of nitrogens with zero attached hydrogens (tertiary/aromatic N) is 2. The number of sulfonamides is 1. The molecule has 1 saturated heterocycles. The van der Waals surface area contributed by atoms with Gasteiger partial charge in [-0.2, -0.15) is 4.98 Å². The first-order valence-corrected chi connectivity index (χ1v) is 10.5. The molecule has 0 unspecified atom stereocenters. The number of benzene rings is 1. The Bertz CT molecular complexity index is 965. The molecule has 10 nitrogen and oxygen atoms in total. The van der Waals surface area contributed by atoms with E-state index in [4.69, 9.17) is 9.26 Å². The molecule has 0 amide bonds. The molecule has 0 aliphatic carbocycles. The van der Waals surface area contributed by atoms with Crippen molar-refractivity contribution in [3.63, 3.8) is 0 Å². The zero-order valence-electron chi connectivity index (χ0n) is 15.4. The molecule has 0 radical (unpaired) electrons. The number of aromatic nitrogens is 2.